The third-order valence-corrected chi connectivity index (χ3v) is 6.26. The van der Waals surface area contributed by atoms with Crippen LogP contribution in [0.2, 0.25) is 0 Å². The number of hydrogen-bond acceptors (Lipinski definition) is 5. The van der Waals surface area contributed by atoms with Gasteiger partial charge in [-0.25, -0.2) is 9.67 Å². The van der Waals surface area contributed by atoms with Gasteiger partial charge in [-0.15, -0.1) is 5.10 Å². The molecule has 0 spiro atoms. The van der Waals surface area contributed by atoms with Crippen LogP contribution in [-0.4, -0.2) is 40.9 Å². The first-order valence-electron chi connectivity index (χ1n) is 10.9. The fraction of sp³-hybridized carbons (Fsp3) is 0.458. The van der Waals surface area contributed by atoms with E-state index in [2.05, 4.69) is 34.4 Å². The van der Waals surface area contributed by atoms with E-state index < -0.39 is 0 Å². The number of anilines is 2. The maximum atomic E-state index is 12.6. The van der Waals surface area contributed by atoms with E-state index in [-0.39, 0.29) is 5.91 Å². The lowest BCUT2D eigenvalue weighted by Gasteiger charge is -2.18. The molecule has 7 heteroatoms. The zero-order chi connectivity index (χ0) is 22.1. The Bertz CT molecular complexity index is 1100. The standard InChI is InChI=1S/C24H31N5O2/c1-15-12-13-29(14-15)19-8-6-18(7-9-19)26-21(30)11-10-20-16(2)22-23(25-17(20)3)28(4)27-24(22)31-5/h6-9,15H,10-14H2,1-5H3,(H,26,30). The van der Waals surface area contributed by atoms with E-state index in [0.29, 0.717) is 18.7 Å². The molecular formula is C24H31N5O2. The summed E-state index contributed by atoms with van der Waals surface area (Å²) in [5.41, 5.74) is 5.92. The molecule has 7 nitrogen and oxygen atoms in total. The van der Waals surface area contributed by atoms with E-state index in [1.165, 1.54) is 12.1 Å². The highest BCUT2D eigenvalue weighted by Crippen LogP contribution is 2.30. The summed E-state index contributed by atoms with van der Waals surface area (Å²) >= 11 is 0. The number of nitrogens with zero attached hydrogens (tertiary/aromatic N) is 4. The number of pyridine rings is 1. The molecular weight excluding hydrogens is 390 g/mol. The predicted molar refractivity (Wildman–Crippen MR) is 124 cm³/mol. The Kier molecular flexibility index (Phi) is 5.85. The number of benzene rings is 1. The highest BCUT2D eigenvalue weighted by Gasteiger charge is 2.20. The molecule has 2 aromatic heterocycles. The summed E-state index contributed by atoms with van der Waals surface area (Å²) in [7, 11) is 3.48. The molecule has 1 fully saturated rings. The number of hydrogen-bond donors (Lipinski definition) is 1. The average Bonchev–Trinajstić information content (AvgIpc) is 3.31. The predicted octanol–water partition coefficient (Wildman–Crippen LogP) is 4.01. The number of fused-ring (bicyclic) bond motifs is 1. The maximum absolute atomic E-state index is 12.6. The van der Waals surface area contributed by atoms with Crippen LogP contribution in [0.4, 0.5) is 11.4 Å². The van der Waals surface area contributed by atoms with Crippen molar-refractivity contribution in [1.29, 1.82) is 0 Å². The topological polar surface area (TPSA) is 72.3 Å². The molecule has 3 heterocycles. The second-order valence-electron chi connectivity index (χ2n) is 8.57. The summed E-state index contributed by atoms with van der Waals surface area (Å²) in [6.07, 6.45) is 2.25. The van der Waals surface area contributed by atoms with Gasteiger partial charge in [-0.3, -0.25) is 4.79 Å². The molecule has 1 atom stereocenters. The van der Waals surface area contributed by atoms with Gasteiger partial charge >= 0.3 is 0 Å². The number of methoxy groups -OCH3 is 1. The first-order chi connectivity index (χ1) is 14.9. The molecule has 1 aliphatic heterocycles. The van der Waals surface area contributed by atoms with Crippen molar-refractivity contribution >= 4 is 28.3 Å². The first kappa shape index (κ1) is 21.2. The minimum Gasteiger partial charge on any atom is -0.479 e. The van der Waals surface area contributed by atoms with Crippen LogP contribution < -0.4 is 15.0 Å². The fourth-order valence-electron chi connectivity index (χ4n) is 4.49. The van der Waals surface area contributed by atoms with Crippen LogP contribution in [0.3, 0.4) is 0 Å². The van der Waals surface area contributed by atoms with Gasteiger partial charge in [0.05, 0.1) is 12.5 Å². The molecule has 0 bridgehead atoms. The summed E-state index contributed by atoms with van der Waals surface area (Å²) in [5.74, 6) is 1.31. The number of amides is 1. The van der Waals surface area contributed by atoms with E-state index >= 15 is 0 Å². The van der Waals surface area contributed by atoms with Gasteiger partial charge in [0.25, 0.3) is 0 Å². The molecule has 31 heavy (non-hydrogen) atoms. The number of carbonyl (C=O) groups excluding carboxylic acids is 1. The lowest BCUT2D eigenvalue weighted by atomic mass is 10.00. The molecule has 1 N–H and O–H groups in total. The molecule has 0 saturated carbocycles. The maximum Gasteiger partial charge on any atom is 0.242 e. The molecule has 1 saturated heterocycles. The SMILES string of the molecule is COc1nn(C)c2nc(C)c(CCC(=O)Nc3ccc(N4CCC(C)C4)cc3)c(C)c12. The molecule has 0 aliphatic carbocycles. The Morgan fingerprint density at radius 2 is 2.00 bits per heavy atom. The van der Waals surface area contributed by atoms with Crippen molar-refractivity contribution in [3.05, 3.63) is 41.1 Å². The van der Waals surface area contributed by atoms with Gasteiger partial charge in [-0.05, 0) is 68.0 Å². The molecule has 1 aliphatic rings. The van der Waals surface area contributed by atoms with Crippen molar-refractivity contribution in [3.8, 4) is 5.88 Å². The molecule has 4 rings (SSSR count). The zero-order valence-electron chi connectivity index (χ0n) is 19.0. The van der Waals surface area contributed by atoms with Crippen LogP contribution in [0, 0.1) is 19.8 Å². The Morgan fingerprint density at radius 1 is 1.26 bits per heavy atom. The largest absolute Gasteiger partial charge is 0.479 e. The highest BCUT2D eigenvalue weighted by atomic mass is 16.5. The second-order valence-corrected chi connectivity index (χ2v) is 8.57. The van der Waals surface area contributed by atoms with E-state index in [4.69, 9.17) is 9.72 Å². The zero-order valence-corrected chi connectivity index (χ0v) is 19.0. The smallest absolute Gasteiger partial charge is 0.242 e. The quantitative estimate of drug-likeness (QED) is 0.651. The van der Waals surface area contributed by atoms with Crippen molar-refractivity contribution in [3.63, 3.8) is 0 Å². The van der Waals surface area contributed by atoms with Crippen LogP contribution in [0.1, 0.15) is 36.6 Å². The Labute approximate surface area is 183 Å². The Morgan fingerprint density at radius 3 is 2.65 bits per heavy atom. The van der Waals surface area contributed by atoms with Gasteiger partial charge in [-0.1, -0.05) is 6.92 Å². The minimum atomic E-state index is -0.000377. The van der Waals surface area contributed by atoms with Gasteiger partial charge in [-0.2, -0.15) is 0 Å². The summed E-state index contributed by atoms with van der Waals surface area (Å²) in [6.45, 7) is 8.52. The van der Waals surface area contributed by atoms with Crippen molar-refractivity contribution in [2.75, 3.05) is 30.4 Å². The number of rotatable bonds is 6. The number of aromatic nitrogens is 3. The van der Waals surface area contributed by atoms with Crippen molar-refractivity contribution in [2.45, 2.75) is 40.0 Å². The van der Waals surface area contributed by atoms with Gasteiger partial charge < -0.3 is 15.0 Å². The van der Waals surface area contributed by atoms with Crippen molar-refractivity contribution in [2.24, 2.45) is 13.0 Å². The van der Waals surface area contributed by atoms with Crippen LogP contribution >= 0.6 is 0 Å². The molecule has 164 valence electrons. The minimum absolute atomic E-state index is 0.000377. The van der Waals surface area contributed by atoms with Crippen molar-refractivity contribution in [1.82, 2.24) is 14.8 Å². The van der Waals surface area contributed by atoms with E-state index in [9.17, 15) is 4.79 Å². The Hall–Kier alpha value is -3.09. The Balaban J connectivity index is 1.42. The van der Waals surface area contributed by atoms with E-state index in [0.717, 1.165) is 52.5 Å². The van der Waals surface area contributed by atoms with E-state index in [1.807, 2.05) is 33.0 Å². The van der Waals surface area contributed by atoms with Gasteiger partial charge in [0.15, 0.2) is 5.65 Å². The number of nitrogens with one attached hydrogen (secondary N) is 1. The van der Waals surface area contributed by atoms with Gasteiger partial charge in [0, 0.05) is 43.6 Å². The second kappa shape index (κ2) is 8.57. The molecule has 1 unspecified atom stereocenters. The molecule has 3 aromatic rings. The van der Waals surface area contributed by atoms with Crippen LogP contribution in [0.25, 0.3) is 11.0 Å². The number of carbonyl (C=O) groups is 1. The van der Waals surface area contributed by atoms with E-state index in [1.54, 1.807) is 11.8 Å². The number of ether oxygens (including phenoxy) is 1. The summed E-state index contributed by atoms with van der Waals surface area (Å²) in [6, 6.07) is 8.16. The highest BCUT2D eigenvalue weighted by molar-refractivity contribution is 5.91. The summed E-state index contributed by atoms with van der Waals surface area (Å²) < 4.78 is 7.16. The number of aryl methyl sites for hydroxylation is 3. The van der Waals surface area contributed by atoms with Crippen LogP contribution in [0.5, 0.6) is 5.88 Å². The summed E-state index contributed by atoms with van der Waals surface area (Å²) in [4.78, 5) is 19.7. The first-order valence-corrected chi connectivity index (χ1v) is 10.9. The monoisotopic (exact) mass is 421 g/mol. The van der Waals surface area contributed by atoms with Gasteiger partial charge in [0.1, 0.15) is 0 Å². The molecule has 1 amide bonds. The lowest BCUT2D eigenvalue weighted by Crippen LogP contribution is -2.19. The van der Waals surface area contributed by atoms with Crippen LogP contribution in [-0.2, 0) is 18.3 Å². The average molecular weight is 422 g/mol. The lowest BCUT2D eigenvalue weighted by molar-refractivity contribution is -0.116. The normalized spacial score (nSPS) is 16.2. The van der Waals surface area contributed by atoms with Gasteiger partial charge in [0.2, 0.25) is 11.8 Å². The fourth-order valence-corrected chi connectivity index (χ4v) is 4.49. The summed E-state index contributed by atoms with van der Waals surface area (Å²) in [5, 5.41) is 8.33. The third kappa shape index (κ3) is 4.22. The third-order valence-electron chi connectivity index (χ3n) is 6.26. The molecule has 1 aromatic carbocycles. The molecule has 0 radical (unpaired) electrons. The van der Waals surface area contributed by atoms with Crippen LogP contribution in [0.15, 0.2) is 24.3 Å². The van der Waals surface area contributed by atoms with Crippen molar-refractivity contribution < 1.29 is 9.53 Å².